The van der Waals surface area contributed by atoms with Crippen molar-refractivity contribution in [3.63, 3.8) is 0 Å². The van der Waals surface area contributed by atoms with Crippen molar-refractivity contribution in [1.82, 2.24) is 25.2 Å². The molecule has 0 unspecified atom stereocenters. The molecule has 1 aromatic carbocycles. The Bertz CT molecular complexity index is 921. The van der Waals surface area contributed by atoms with Crippen LogP contribution in [0.3, 0.4) is 0 Å². The Labute approximate surface area is 145 Å². The number of aromatic nitrogens is 3. The van der Waals surface area contributed by atoms with E-state index in [1.54, 1.807) is 7.11 Å². The van der Waals surface area contributed by atoms with Gasteiger partial charge in [-0.25, -0.2) is 4.79 Å². The van der Waals surface area contributed by atoms with Gasteiger partial charge in [-0.1, -0.05) is 18.2 Å². The van der Waals surface area contributed by atoms with Crippen molar-refractivity contribution >= 4 is 11.7 Å². The van der Waals surface area contributed by atoms with Crippen molar-refractivity contribution in [3.05, 3.63) is 59.5 Å². The Hall–Kier alpha value is -3.09. The molecule has 1 aliphatic carbocycles. The monoisotopic (exact) mass is 337 g/mol. The van der Waals surface area contributed by atoms with E-state index in [2.05, 4.69) is 20.8 Å². The summed E-state index contributed by atoms with van der Waals surface area (Å²) in [4.78, 5) is 12.3. The highest BCUT2D eigenvalue weighted by molar-refractivity contribution is 5.74. The molecular weight excluding hydrogens is 318 g/mol. The molecule has 4 rings (SSSR count). The van der Waals surface area contributed by atoms with Crippen LogP contribution in [-0.2, 0) is 13.0 Å². The van der Waals surface area contributed by atoms with E-state index in [9.17, 15) is 4.79 Å². The molecule has 0 saturated carbocycles. The first-order valence-corrected chi connectivity index (χ1v) is 8.25. The second-order valence-corrected chi connectivity index (χ2v) is 5.99. The van der Waals surface area contributed by atoms with E-state index in [0.717, 1.165) is 29.8 Å². The lowest BCUT2D eigenvalue weighted by Gasteiger charge is -2.15. The minimum Gasteiger partial charge on any atom is -0.496 e. The molecule has 2 aromatic heterocycles. The zero-order valence-electron chi connectivity index (χ0n) is 13.9. The minimum atomic E-state index is -0.214. The van der Waals surface area contributed by atoms with E-state index in [-0.39, 0.29) is 12.1 Å². The van der Waals surface area contributed by atoms with E-state index < -0.39 is 0 Å². The minimum absolute atomic E-state index is 0.000226. The molecule has 1 atom stereocenters. The predicted molar refractivity (Wildman–Crippen MR) is 92.4 cm³/mol. The second-order valence-electron chi connectivity index (χ2n) is 5.99. The molecule has 0 bridgehead atoms. The first kappa shape index (κ1) is 15.4. The summed E-state index contributed by atoms with van der Waals surface area (Å²) in [6, 6.07) is 11.4. The van der Waals surface area contributed by atoms with Crippen LogP contribution < -0.4 is 15.4 Å². The number of carbonyl (C=O) groups excluding carboxylic acids is 1. The summed E-state index contributed by atoms with van der Waals surface area (Å²) in [5, 5.41) is 14.1. The van der Waals surface area contributed by atoms with Crippen molar-refractivity contribution in [1.29, 1.82) is 0 Å². The molecule has 2 N–H and O–H groups in total. The Morgan fingerprint density at radius 3 is 3.08 bits per heavy atom. The molecule has 0 fully saturated rings. The number of nitrogens with one attached hydrogen (secondary N) is 2. The number of carbonyl (C=O) groups is 1. The van der Waals surface area contributed by atoms with Crippen molar-refractivity contribution in [2.24, 2.45) is 0 Å². The summed E-state index contributed by atoms with van der Waals surface area (Å²) in [6.45, 7) is 0.314. The van der Waals surface area contributed by atoms with Gasteiger partial charge >= 0.3 is 6.03 Å². The van der Waals surface area contributed by atoms with Crippen molar-refractivity contribution < 1.29 is 9.53 Å². The summed E-state index contributed by atoms with van der Waals surface area (Å²) in [5.41, 5.74) is 3.07. The third-order valence-electron chi connectivity index (χ3n) is 4.54. The predicted octanol–water partition coefficient (Wildman–Crippen LogP) is 2.22. The number of fused-ring (bicyclic) bond motifs is 2. The first-order chi connectivity index (χ1) is 12.3. The third-order valence-corrected chi connectivity index (χ3v) is 4.54. The fourth-order valence-corrected chi connectivity index (χ4v) is 3.34. The number of hydrogen-bond acceptors (Lipinski definition) is 4. The molecule has 1 aliphatic rings. The fourth-order valence-electron chi connectivity index (χ4n) is 3.34. The van der Waals surface area contributed by atoms with Gasteiger partial charge < -0.3 is 15.4 Å². The number of amides is 2. The zero-order valence-corrected chi connectivity index (χ0v) is 13.9. The summed E-state index contributed by atoms with van der Waals surface area (Å²) < 4.78 is 7.26. The molecule has 25 heavy (non-hydrogen) atoms. The summed E-state index contributed by atoms with van der Waals surface area (Å²) in [5.74, 6) is 1.58. The highest BCUT2D eigenvalue weighted by atomic mass is 16.5. The standard InChI is InChI=1S/C18H19N5O2/c1-25-15-6-4-5-12-13(15)8-9-14(12)20-18(24)19-11-17-22-21-16-7-2-3-10-23(16)17/h2-7,10,14H,8-9,11H2,1H3,(H2,19,20,24)/t14-/m0/s1. The van der Waals surface area contributed by atoms with Crippen molar-refractivity contribution in [2.45, 2.75) is 25.4 Å². The lowest BCUT2D eigenvalue weighted by Crippen LogP contribution is -2.37. The van der Waals surface area contributed by atoms with E-state index in [1.165, 1.54) is 5.56 Å². The molecule has 2 heterocycles. The van der Waals surface area contributed by atoms with Gasteiger partial charge in [-0.3, -0.25) is 4.40 Å². The lowest BCUT2D eigenvalue weighted by atomic mass is 10.1. The highest BCUT2D eigenvalue weighted by Crippen LogP contribution is 2.36. The van der Waals surface area contributed by atoms with Crippen LogP contribution in [0.5, 0.6) is 5.75 Å². The van der Waals surface area contributed by atoms with Gasteiger partial charge in [0, 0.05) is 6.20 Å². The summed E-state index contributed by atoms with van der Waals surface area (Å²) >= 11 is 0. The number of hydrogen-bond donors (Lipinski definition) is 2. The smallest absolute Gasteiger partial charge is 0.315 e. The molecule has 7 heteroatoms. The van der Waals surface area contributed by atoms with Crippen LogP contribution in [0.15, 0.2) is 42.6 Å². The van der Waals surface area contributed by atoms with Gasteiger partial charge in [0.2, 0.25) is 0 Å². The van der Waals surface area contributed by atoms with Crippen LogP contribution in [0.4, 0.5) is 4.79 Å². The first-order valence-electron chi connectivity index (χ1n) is 8.25. The zero-order chi connectivity index (χ0) is 17.2. The highest BCUT2D eigenvalue weighted by Gasteiger charge is 2.26. The van der Waals surface area contributed by atoms with Crippen LogP contribution in [0.2, 0.25) is 0 Å². The van der Waals surface area contributed by atoms with E-state index in [1.807, 2.05) is 47.0 Å². The van der Waals surface area contributed by atoms with Gasteiger partial charge in [0.1, 0.15) is 5.75 Å². The number of methoxy groups -OCH3 is 1. The summed E-state index contributed by atoms with van der Waals surface area (Å²) in [7, 11) is 1.67. The normalized spacial score (nSPS) is 15.8. The molecule has 7 nitrogen and oxygen atoms in total. The number of benzene rings is 1. The second kappa shape index (κ2) is 6.43. The number of nitrogens with zero attached hydrogens (tertiary/aromatic N) is 3. The van der Waals surface area contributed by atoms with E-state index in [0.29, 0.717) is 12.4 Å². The van der Waals surface area contributed by atoms with E-state index in [4.69, 9.17) is 4.74 Å². The maximum Gasteiger partial charge on any atom is 0.315 e. The quantitative estimate of drug-likeness (QED) is 0.765. The molecule has 0 spiro atoms. The fraction of sp³-hybridized carbons (Fsp3) is 0.278. The molecule has 128 valence electrons. The van der Waals surface area contributed by atoms with Gasteiger partial charge in [0.15, 0.2) is 11.5 Å². The third kappa shape index (κ3) is 2.88. The Morgan fingerprint density at radius 1 is 1.28 bits per heavy atom. The van der Waals surface area contributed by atoms with Crippen LogP contribution in [0.1, 0.15) is 29.4 Å². The van der Waals surface area contributed by atoms with Crippen molar-refractivity contribution in [2.75, 3.05) is 7.11 Å². The topological polar surface area (TPSA) is 80.5 Å². The maximum atomic E-state index is 12.3. The number of pyridine rings is 1. The average molecular weight is 337 g/mol. The van der Waals surface area contributed by atoms with Gasteiger partial charge in [-0.15, -0.1) is 10.2 Å². The molecule has 0 aliphatic heterocycles. The number of urea groups is 1. The number of ether oxygens (including phenoxy) is 1. The molecule has 0 radical (unpaired) electrons. The number of rotatable bonds is 4. The Kier molecular flexibility index (Phi) is 3.97. The van der Waals surface area contributed by atoms with Gasteiger partial charge in [-0.2, -0.15) is 0 Å². The van der Waals surface area contributed by atoms with E-state index >= 15 is 0 Å². The van der Waals surface area contributed by atoms with Crippen LogP contribution in [0, 0.1) is 0 Å². The SMILES string of the molecule is COc1cccc2c1CC[C@@H]2NC(=O)NCc1nnc2ccccn12. The van der Waals surface area contributed by atoms with Gasteiger partial charge in [0.05, 0.1) is 19.7 Å². The largest absolute Gasteiger partial charge is 0.496 e. The molecule has 2 amide bonds. The lowest BCUT2D eigenvalue weighted by molar-refractivity contribution is 0.236. The maximum absolute atomic E-state index is 12.3. The van der Waals surface area contributed by atoms with Crippen molar-refractivity contribution in [3.8, 4) is 5.75 Å². The van der Waals surface area contributed by atoms with Gasteiger partial charge in [0.25, 0.3) is 0 Å². The Balaban J connectivity index is 1.41. The van der Waals surface area contributed by atoms with Crippen LogP contribution in [0.25, 0.3) is 5.65 Å². The van der Waals surface area contributed by atoms with Crippen LogP contribution in [-0.4, -0.2) is 27.7 Å². The summed E-state index contributed by atoms with van der Waals surface area (Å²) in [6.07, 6.45) is 3.65. The van der Waals surface area contributed by atoms with Crippen LogP contribution >= 0.6 is 0 Å². The van der Waals surface area contributed by atoms with Gasteiger partial charge in [-0.05, 0) is 42.2 Å². The Morgan fingerprint density at radius 2 is 2.20 bits per heavy atom. The molecular formula is C18H19N5O2. The average Bonchev–Trinajstić information content (AvgIpc) is 3.24. The molecule has 3 aromatic rings. The molecule has 0 saturated heterocycles.